The van der Waals surface area contributed by atoms with Crippen LogP contribution in [-0.4, -0.2) is 30.8 Å². The number of carbonyl (C=O) groups is 3. The maximum atomic E-state index is 11.0. The molecule has 0 aromatic rings. The second-order valence-corrected chi connectivity index (χ2v) is 3.35. The zero-order valence-corrected chi connectivity index (χ0v) is 10.1. The molecule has 0 heterocycles. The number of hydrogen-bond donors (Lipinski definition) is 0. The molecule has 0 radical (unpaired) electrons. The first-order valence-corrected chi connectivity index (χ1v) is 5.00. The van der Waals surface area contributed by atoms with E-state index in [1.807, 2.05) is 0 Å². The summed E-state index contributed by atoms with van der Waals surface area (Å²) in [4.78, 5) is 32.4. The van der Waals surface area contributed by atoms with E-state index >= 15 is 0 Å². The third-order valence-electron chi connectivity index (χ3n) is 1.53. The molecule has 0 spiro atoms. The van der Waals surface area contributed by atoms with E-state index in [1.54, 1.807) is 0 Å². The molecular weight excluding hydrogens is 228 g/mol. The van der Waals surface area contributed by atoms with Crippen molar-refractivity contribution in [2.75, 3.05) is 6.61 Å². The van der Waals surface area contributed by atoms with Crippen LogP contribution in [0.4, 0.5) is 0 Å². The predicted octanol–water partition coefficient (Wildman–Crippen LogP) is 0.948. The predicted molar refractivity (Wildman–Crippen MR) is 57.7 cm³/mol. The number of rotatable bonds is 6. The zero-order valence-electron chi connectivity index (χ0n) is 10.1. The van der Waals surface area contributed by atoms with Crippen molar-refractivity contribution in [1.29, 1.82) is 0 Å². The fourth-order valence-electron chi connectivity index (χ4n) is 0.883. The molecule has 0 saturated carbocycles. The van der Waals surface area contributed by atoms with Gasteiger partial charge in [-0.3, -0.25) is 9.59 Å². The quantitative estimate of drug-likeness (QED) is 0.393. The Morgan fingerprint density at radius 1 is 1.06 bits per heavy atom. The summed E-state index contributed by atoms with van der Waals surface area (Å²) in [5.41, 5.74) is 0.265. The summed E-state index contributed by atoms with van der Waals surface area (Å²) in [5.74, 6) is -1.71. The molecule has 0 aliphatic rings. The van der Waals surface area contributed by atoms with Crippen LogP contribution in [0.25, 0.3) is 0 Å². The van der Waals surface area contributed by atoms with E-state index in [9.17, 15) is 14.4 Å². The molecule has 0 saturated heterocycles. The molecule has 0 aliphatic carbocycles. The molecular formula is C11H16O6. The van der Waals surface area contributed by atoms with Crippen molar-refractivity contribution in [3.05, 3.63) is 12.2 Å². The van der Waals surface area contributed by atoms with E-state index in [0.29, 0.717) is 0 Å². The van der Waals surface area contributed by atoms with Crippen LogP contribution in [-0.2, 0) is 28.6 Å². The van der Waals surface area contributed by atoms with Crippen LogP contribution in [0.5, 0.6) is 0 Å². The van der Waals surface area contributed by atoms with Crippen LogP contribution in [0.3, 0.4) is 0 Å². The number of esters is 3. The lowest BCUT2D eigenvalue weighted by atomic mass is 10.3. The minimum atomic E-state index is -1.04. The summed E-state index contributed by atoms with van der Waals surface area (Å²) in [6.07, 6.45) is -0.957. The maximum absolute atomic E-state index is 11.0. The van der Waals surface area contributed by atoms with E-state index in [1.165, 1.54) is 20.8 Å². The molecule has 0 aromatic carbocycles. The van der Waals surface area contributed by atoms with Crippen molar-refractivity contribution in [1.82, 2.24) is 0 Å². The highest BCUT2D eigenvalue weighted by Crippen LogP contribution is 2.04. The zero-order chi connectivity index (χ0) is 13.4. The molecule has 0 atom stereocenters. The van der Waals surface area contributed by atoms with Crippen molar-refractivity contribution >= 4 is 17.9 Å². The lowest BCUT2D eigenvalue weighted by Crippen LogP contribution is -2.24. The summed E-state index contributed by atoms with van der Waals surface area (Å²) in [5, 5.41) is 0. The molecule has 6 heteroatoms. The van der Waals surface area contributed by atoms with Crippen molar-refractivity contribution < 1.29 is 28.6 Å². The monoisotopic (exact) mass is 244 g/mol. The second kappa shape index (κ2) is 7.43. The normalized spacial score (nSPS) is 9.65. The van der Waals surface area contributed by atoms with E-state index < -0.39 is 24.2 Å². The van der Waals surface area contributed by atoms with E-state index in [-0.39, 0.29) is 18.6 Å². The van der Waals surface area contributed by atoms with Crippen LogP contribution in [0.2, 0.25) is 0 Å². The highest BCUT2D eigenvalue weighted by atomic mass is 16.7. The van der Waals surface area contributed by atoms with Crippen LogP contribution >= 0.6 is 0 Å². The Morgan fingerprint density at radius 2 is 1.53 bits per heavy atom. The van der Waals surface area contributed by atoms with Crippen LogP contribution in [0.15, 0.2) is 12.2 Å². The van der Waals surface area contributed by atoms with Gasteiger partial charge in [0, 0.05) is 19.4 Å². The number of ether oxygens (including phenoxy) is 3. The van der Waals surface area contributed by atoms with Gasteiger partial charge in [0.15, 0.2) is 0 Å². The van der Waals surface area contributed by atoms with Gasteiger partial charge in [0.05, 0.1) is 13.0 Å². The van der Waals surface area contributed by atoms with Gasteiger partial charge in [-0.2, -0.15) is 0 Å². The molecule has 96 valence electrons. The van der Waals surface area contributed by atoms with E-state index in [4.69, 9.17) is 14.2 Å². The largest absolute Gasteiger partial charge is 0.462 e. The van der Waals surface area contributed by atoms with Crippen molar-refractivity contribution in [2.24, 2.45) is 0 Å². The molecule has 0 aliphatic heterocycles. The molecule has 0 aromatic heterocycles. The molecule has 0 bridgehead atoms. The molecule has 0 unspecified atom stereocenters. The van der Waals surface area contributed by atoms with E-state index in [2.05, 4.69) is 6.58 Å². The van der Waals surface area contributed by atoms with Gasteiger partial charge in [0.25, 0.3) is 6.29 Å². The van der Waals surface area contributed by atoms with Gasteiger partial charge in [0.2, 0.25) is 0 Å². The standard InChI is InChI=1S/C11H16O6/c1-7(2)11(14)15-6-5-10(16-8(3)12)17-9(4)13/h10H,1,5-6H2,2-4H3. The smallest absolute Gasteiger partial charge is 0.333 e. The Morgan fingerprint density at radius 3 is 1.88 bits per heavy atom. The lowest BCUT2D eigenvalue weighted by molar-refractivity contribution is -0.187. The Bertz CT molecular complexity index is 304. The Labute approximate surface area is 99.5 Å². The Hall–Kier alpha value is -1.85. The van der Waals surface area contributed by atoms with Gasteiger partial charge in [-0.25, -0.2) is 4.79 Å². The minimum Gasteiger partial charge on any atom is -0.462 e. The van der Waals surface area contributed by atoms with E-state index in [0.717, 1.165) is 0 Å². The van der Waals surface area contributed by atoms with Gasteiger partial charge in [-0.1, -0.05) is 6.58 Å². The fourth-order valence-corrected chi connectivity index (χ4v) is 0.883. The maximum Gasteiger partial charge on any atom is 0.333 e. The topological polar surface area (TPSA) is 78.9 Å². The van der Waals surface area contributed by atoms with Crippen molar-refractivity contribution in [3.8, 4) is 0 Å². The van der Waals surface area contributed by atoms with Gasteiger partial charge in [0.1, 0.15) is 0 Å². The fraction of sp³-hybridized carbons (Fsp3) is 0.545. The summed E-state index contributed by atoms with van der Waals surface area (Å²) in [7, 11) is 0. The minimum absolute atomic E-state index is 0.0308. The average molecular weight is 244 g/mol. The number of carbonyl (C=O) groups excluding carboxylic acids is 3. The molecule has 0 N–H and O–H groups in total. The third kappa shape index (κ3) is 8.01. The summed E-state index contributed by atoms with van der Waals surface area (Å²) in [6, 6.07) is 0. The Kier molecular flexibility index (Phi) is 6.62. The molecule has 0 rings (SSSR count). The summed E-state index contributed by atoms with van der Waals surface area (Å²) in [6.45, 7) is 7.27. The summed E-state index contributed by atoms with van der Waals surface area (Å²) < 4.78 is 14.2. The van der Waals surface area contributed by atoms with Crippen molar-refractivity contribution in [3.63, 3.8) is 0 Å². The Balaban J connectivity index is 4.07. The highest BCUT2D eigenvalue weighted by Gasteiger charge is 2.16. The first-order valence-electron chi connectivity index (χ1n) is 5.00. The first kappa shape index (κ1) is 15.2. The molecule has 0 fully saturated rings. The van der Waals surface area contributed by atoms with Gasteiger partial charge in [-0.15, -0.1) is 0 Å². The molecule has 0 amide bonds. The van der Waals surface area contributed by atoms with Gasteiger partial charge in [-0.05, 0) is 6.92 Å². The van der Waals surface area contributed by atoms with Gasteiger partial charge < -0.3 is 14.2 Å². The highest BCUT2D eigenvalue weighted by molar-refractivity contribution is 5.86. The molecule has 6 nitrogen and oxygen atoms in total. The average Bonchev–Trinajstić information content (AvgIpc) is 2.14. The second-order valence-electron chi connectivity index (χ2n) is 3.35. The van der Waals surface area contributed by atoms with Crippen molar-refractivity contribution in [2.45, 2.75) is 33.5 Å². The third-order valence-corrected chi connectivity index (χ3v) is 1.53. The van der Waals surface area contributed by atoms with Gasteiger partial charge >= 0.3 is 17.9 Å². The first-order chi connectivity index (χ1) is 7.82. The lowest BCUT2D eigenvalue weighted by Gasteiger charge is -2.16. The number of hydrogen-bond acceptors (Lipinski definition) is 6. The van der Waals surface area contributed by atoms with Crippen LogP contribution in [0.1, 0.15) is 27.2 Å². The van der Waals surface area contributed by atoms with Crippen LogP contribution < -0.4 is 0 Å². The molecule has 17 heavy (non-hydrogen) atoms. The van der Waals surface area contributed by atoms with Crippen LogP contribution in [0, 0.1) is 0 Å². The SMILES string of the molecule is C=C(C)C(=O)OCCC(OC(C)=O)OC(C)=O. The summed E-state index contributed by atoms with van der Waals surface area (Å²) >= 11 is 0.